The van der Waals surface area contributed by atoms with Gasteiger partial charge in [0, 0.05) is 5.56 Å². The molecular formula is C13H8F3NO4S2. The minimum atomic E-state index is -4.87. The number of thioether (sulfide) groups is 1. The van der Waals surface area contributed by atoms with Crippen LogP contribution < -0.4 is 4.74 Å². The van der Waals surface area contributed by atoms with E-state index in [0.717, 1.165) is 22.7 Å². The highest BCUT2D eigenvalue weighted by atomic mass is 32.2. The number of carbonyl (C=O) groups is 2. The average Bonchev–Trinajstić information content (AvgIpc) is 2.67. The van der Waals surface area contributed by atoms with Gasteiger partial charge in [0.05, 0.1) is 4.91 Å². The highest BCUT2D eigenvalue weighted by Gasteiger charge is 2.34. The Morgan fingerprint density at radius 3 is 2.65 bits per heavy atom. The van der Waals surface area contributed by atoms with Gasteiger partial charge in [-0.3, -0.25) is 14.5 Å². The SMILES string of the molecule is O=C(O)CN1C(=O)/C(=C\c2ccccc2OC(F)(F)F)SC1=S. The zero-order valence-corrected chi connectivity index (χ0v) is 12.8. The van der Waals surface area contributed by atoms with Gasteiger partial charge in [-0.25, -0.2) is 0 Å². The first kappa shape index (κ1) is 17.3. The van der Waals surface area contributed by atoms with Gasteiger partial charge in [0.2, 0.25) is 0 Å². The molecule has 1 fully saturated rings. The highest BCUT2D eigenvalue weighted by Crippen LogP contribution is 2.35. The molecule has 1 amide bonds. The molecule has 0 radical (unpaired) electrons. The number of carboxylic acids is 1. The number of hydrogen-bond donors (Lipinski definition) is 1. The van der Waals surface area contributed by atoms with Gasteiger partial charge in [0.1, 0.15) is 16.6 Å². The predicted octanol–water partition coefficient (Wildman–Crippen LogP) is 2.87. The van der Waals surface area contributed by atoms with Gasteiger partial charge in [-0.2, -0.15) is 0 Å². The van der Waals surface area contributed by atoms with E-state index in [1.807, 2.05) is 0 Å². The van der Waals surface area contributed by atoms with Crippen molar-refractivity contribution in [2.75, 3.05) is 6.54 Å². The van der Waals surface area contributed by atoms with Crippen LogP contribution in [0.2, 0.25) is 0 Å². The first-order chi connectivity index (χ1) is 10.7. The normalized spacial score (nSPS) is 17.0. The number of hydrogen-bond acceptors (Lipinski definition) is 5. The number of aliphatic carboxylic acids is 1. The Labute approximate surface area is 137 Å². The second-order valence-corrected chi connectivity index (χ2v) is 5.92. The van der Waals surface area contributed by atoms with Crippen LogP contribution >= 0.6 is 24.0 Å². The van der Waals surface area contributed by atoms with E-state index in [9.17, 15) is 22.8 Å². The Kier molecular flexibility index (Phi) is 4.95. The van der Waals surface area contributed by atoms with Crippen molar-refractivity contribution in [3.8, 4) is 5.75 Å². The number of amides is 1. The number of carbonyl (C=O) groups excluding carboxylic acids is 1. The standard InChI is InChI=1S/C13H8F3NO4S2/c14-13(15,16)21-8-4-2-1-3-7(8)5-9-11(20)17(6-10(18)19)12(22)23-9/h1-5H,6H2,(H,18,19)/b9-5+. The van der Waals surface area contributed by atoms with E-state index in [0.29, 0.717) is 0 Å². The highest BCUT2D eigenvalue weighted by molar-refractivity contribution is 8.26. The second kappa shape index (κ2) is 6.59. The number of thiocarbonyl (C=S) groups is 1. The van der Waals surface area contributed by atoms with E-state index in [2.05, 4.69) is 4.74 Å². The summed E-state index contributed by atoms with van der Waals surface area (Å²) >= 11 is 5.72. The molecule has 1 aliphatic heterocycles. The molecule has 1 saturated heterocycles. The van der Waals surface area contributed by atoms with Crippen LogP contribution in [0.25, 0.3) is 6.08 Å². The van der Waals surface area contributed by atoms with E-state index in [-0.39, 0.29) is 14.8 Å². The van der Waals surface area contributed by atoms with Crippen LogP contribution in [0.15, 0.2) is 29.2 Å². The number of nitrogens with zero attached hydrogens (tertiary/aromatic N) is 1. The Morgan fingerprint density at radius 2 is 2.04 bits per heavy atom. The molecule has 5 nitrogen and oxygen atoms in total. The first-order valence-corrected chi connectivity index (χ1v) is 7.22. The van der Waals surface area contributed by atoms with Crippen LogP contribution in [0.5, 0.6) is 5.75 Å². The molecule has 0 unspecified atom stereocenters. The van der Waals surface area contributed by atoms with Crippen LogP contribution in [0, 0.1) is 0 Å². The van der Waals surface area contributed by atoms with Crippen LogP contribution in [0.3, 0.4) is 0 Å². The molecule has 1 aromatic rings. The maximum Gasteiger partial charge on any atom is 0.573 e. The molecule has 0 spiro atoms. The lowest BCUT2D eigenvalue weighted by Crippen LogP contribution is -2.33. The lowest BCUT2D eigenvalue weighted by atomic mass is 10.2. The number of ether oxygens (including phenoxy) is 1. The molecule has 1 N–H and O–H groups in total. The van der Waals surface area contributed by atoms with Gasteiger partial charge < -0.3 is 9.84 Å². The van der Waals surface area contributed by atoms with Crippen LogP contribution in [0.4, 0.5) is 13.2 Å². The fourth-order valence-corrected chi connectivity index (χ4v) is 2.98. The Morgan fingerprint density at radius 1 is 1.39 bits per heavy atom. The average molecular weight is 363 g/mol. The smallest absolute Gasteiger partial charge is 0.480 e. The lowest BCUT2D eigenvalue weighted by Gasteiger charge is -2.11. The van der Waals surface area contributed by atoms with Gasteiger partial charge in [0.25, 0.3) is 5.91 Å². The van der Waals surface area contributed by atoms with E-state index in [1.165, 1.54) is 24.3 Å². The number of para-hydroxylation sites is 1. The van der Waals surface area contributed by atoms with Crippen LogP contribution in [0.1, 0.15) is 5.56 Å². The summed E-state index contributed by atoms with van der Waals surface area (Å²) in [5, 5.41) is 8.73. The quantitative estimate of drug-likeness (QED) is 0.655. The molecule has 23 heavy (non-hydrogen) atoms. The first-order valence-electron chi connectivity index (χ1n) is 5.99. The van der Waals surface area contributed by atoms with E-state index in [1.54, 1.807) is 0 Å². The van der Waals surface area contributed by atoms with Crippen molar-refractivity contribution < 1.29 is 32.6 Å². The largest absolute Gasteiger partial charge is 0.573 e. The minimum Gasteiger partial charge on any atom is -0.480 e. The molecule has 1 aromatic carbocycles. The number of halogens is 3. The van der Waals surface area contributed by atoms with Gasteiger partial charge in [-0.1, -0.05) is 42.2 Å². The van der Waals surface area contributed by atoms with Crippen molar-refractivity contribution in [1.29, 1.82) is 0 Å². The number of benzene rings is 1. The Bertz CT molecular complexity index is 703. The van der Waals surface area contributed by atoms with Crippen molar-refractivity contribution in [1.82, 2.24) is 4.90 Å². The zero-order valence-electron chi connectivity index (χ0n) is 11.2. The molecule has 0 saturated carbocycles. The molecule has 0 aliphatic carbocycles. The maximum absolute atomic E-state index is 12.4. The van der Waals surface area contributed by atoms with Crippen molar-refractivity contribution >= 4 is 46.3 Å². The van der Waals surface area contributed by atoms with Gasteiger partial charge >= 0.3 is 12.3 Å². The molecule has 122 valence electrons. The van der Waals surface area contributed by atoms with E-state index >= 15 is 0 Å². The number of carboxylic acid groups (broad SMARTS) is 1. The Hall–Kier alpha value is -2.07. The van der Waals surface area contributed by atoms with Gasteiger partial charge in [-0.15, -0.1) is 13.2 Å². The fourth-order valence-electron chi connectivity index (χ4n) is 1.73. The van der Waals surface area contributed by atoms with Crippen molar-refractivity contribution in [3.05, 3.63) is 34.7 Å². The zero-order chi connectivity index (χ0) is 17.2. The maximum atomic E-state index is 12.4. The molecular weight excluding hydrogens is 355 g/mol. The lowest BCUT2D eigenvalue weighted by molar-refractivity contribution is -0.274. The van der Waals surface area contributed by atoms with Crippen molar-refractivity contribution in [3.63, 3.8) is 0 Å². The summed E-state index contributed by atoms with van der Waals surface area (Å²) in [5.41, 5.74) is 0.0284. The number of rotatable bonds is 4. The summed E-state index contributed by atoms with van der Waals surface area (Å²) in [5.74, 6) is -2.39. The third-order valence-corrected chi connectivity index (χ3v) is 3.98. The second-order valence-electron chi connectivity index (χ2n) is 4.25. The Balaban J connectivity index is 2.31. The molecule has 2 rings (SSSR count). The summed E-state index contributed by atoms with van der Waals surface area (Å²) in [7, 11) is 0. The predicted molar refractivity (Wildman–Crippen MR) is 80.6 cm³/mol. The third-order valence-electron chi connectivity index (χ3n) is 2.60. The molecule has 10 heteroatoms. The molecule has 1 aliphatic rings. The van der Waals surface area contributed by atoms with Crippen LogP contribution in [-0.2, 0) is 9.59 Å². The van der Waals surface area contributed by atoms with Crippen LogP contribution in [-0.4, -0.2) is 39.1 Å². The molecule has 0 bridgehead atoms. The van der Waals surface area contributed by atoms with Crippen molar-refractivity contribution in [2.24, 2.45) is 0 Å². The number of alkyl halides is 3. The summed E-state index contributed by atoms with van der Waals surface area (Å²) in [6, 6.07) is 5.28. The van der Waals surface area contributed by atoms with Crippen molar-refractivity contribution in [2.45, 2.75) is 6.36 Å². The summed E-state index contributed by atoms with van der Waals surface area (Å²) in [6.07, 6.45) is -3.69. The van der Waals surface area contributed by atoms with E-state index in [4.69, 9.17) is 17.3 Å². The molecule has 0 aromatic heterocycles. The molecule has 0 atom stereocenters. The van der Waals surface area contributed by atoms with E-state index < -0.39 is 30.5 Å². The molecule has 1 heterocycles. The summed E-state index contributed by atoms with van der Waals surface area (Å²) in [4.78, 5) is 23.7. The fraction of sp³-hybridized carbons (Fsp3) is 0.154. The summed E-state index contributed by atoms with van der Waals surface area (Å²) in [6.45, 7) is -0.608. The minimum absolute atomic E-state index is 0.0227. The topological polar surface area (TPSA) is 66.8 Å². The third kappa shape index (κ3) is 4.45. The van der Waals surface area contributed by atoms with Gasteiger partial charge in [-0.05, 0) is 12.1 Å². The van der Waals surface area contributed by atoms with Gasteiger partial charge in [0.15, 0.2) is 0 Å². The summed E-state index contributed by atoms with van der Waals surface area (Å²) < 4.78 is 41.0. The monoisotopic (exact) mass is 363 g/mol.